The van der Waals surface area contributed by atoms with Crippen molar-refractivity contribution in [2.24, 2.45) is 0 Å². The van der Waals surface area contributed by atoms with Crippen molar-refractivity contribution in [1.29, 1.82) is 0 Å². The van der Waals surface area contributed by atoms with E-state index in [0.717, 1.165) is 11.1 Å². The third-order valence-corrected chi connectivity index (χ3v) is 3.55. The number of hydrogen-bond donors (Lipinski definition) is 0. The van der Waals surface area contributed by atoms with Gasteiger partial charge in [0, 0.05) is 0 Å². The number of benzene rings is 2. The Labute approximate surface area is 127 Å². The second-order valence-electron chi connectivity index (χ2n) is 5.19. The SMILES string of the molecule is [B]c1c([B])c([B])c(-c2ccccc2C(C)C)c([B])c1[B]. The van der Waals surface area contributed by atoms with Gasteiger partial charge in [-0.25, -0.2) is 0 Å². The lowest BCUT2D eigenvalue weighted by Crippen LogP contribution is -2.55. The fraction of sp³-hybridized carbons (Fsp3) is 0.200. The topological polar surface area (TPSA) is 0 Å². The van der Waals surface area contributed by atoms with E-state index in [1.807, 2.05) is 24.3 Å². The highest BCUT2D eigenvalue weighted by Crippen LogP contribution is 2.26. The average Bonchev–Trinajstić information content (AvgIpc) is 2.43. The van der Waals surface area contributed by atoms with Crippen molar-refractivity contribution in [3.63, 3.8) is 0 Å². The van der Waals surface area contributed by atoms with Gasteiger partial charge in [-0.3, -0.25) is 0 Å². The molecule has 0 unspecified atom stereocenters. The number of hydrogen-bond acceptors (Lipinski definition) is 0. The zero-order chi connectivity index (χ0) is 15.0. The molecule has 2 aromatic rings. The van der Waals surface area contributed by atoms with Gasteiger partial charge in [0.2, 0.25) is 0 Å². The molecule has 0 N–H and O–H groups in total. The maximum absolute atomic E-state index is 6.11. The predicted molar refractivity (Wildman–Crippen MR) is 92.9 cm³/mol. The summed E-state index contributed by atoms with van der Waals surface area (Å²) < 4.78 is 0. The van der Waals surface area contributed by atoms with E-state index in [9.17, 15) is 0 Å². The second kappa shape index (κ2) is 5.64. The van der Waals surface area contributed by atoms with Crippen LogP contribution in [-0.4, -0.2) is 39.2 Å². The first kappa shape index (κ1) is 15.2. The van der Waals surface area contributed by atoms with E-state index in [4.69, 9.17) is 39.2 Å². The maximum Gasteiger partial charge on any atom is 0.113 e. The Morgan fingerprint density at radius 2 is 1.15 bits per heavy atom. The summed E-state index contributed by atoms with van der Waals surface area (Å²) in [6, 6.07) is 7.92. The highest BCUT2D eigenvalue weighted by atomic mass is 14.2. The van der Waals surface area contributed by atoms with Gasteiger partial charge < -0.3 is 0 Å². The summed E-state index contributed by atoms with van der Waals surface area (Å²) in [5.41, 5.74) is 4.30. The van der Waals surface area contributed by atoms with Gasteiger partial charge in [0.05, 0.1) is 0 Å². The monoisotopic (exact) mass is 246 g/mol. The summed E-state index contributed by atoms with van der Waals surface area (Å²) >= 11 is 0. The van der Waals surface area contributed by atoms with E-state index in [-0.39, 0.29) is 16.4 Å². The van der Waals surface area contributed by atoms with Gasteiger partial charge in [0.25, 0.3) is 0 Å². The van der Waals surface area contributed by atoms with Gasteiger partial charge in [0.15, 0.2) is 0 Å². The van der Waals surface area contributed by atoms with Crippen LogP contribution in [0.1, 0.15) is 25.3 Å². The fourth-order valence-corrected chi connectivity index (χ4v) is 2.37. The summed E-state index contributed by atoms with van der Waals surface area (Å²) in [6.07, 6.45) is 0. The minimum atomic E-state index is 0.241. The normalized spacial score (nSPS) is 10.9. The summed E-state index contributed by atoms with van der Waals surface area (Å²) in [5, 5.41) is 0. The molecule has 0 fully saturated rings. The van der Waals surface area contributed by atoms with Crippen LogP contribution in [0.5, 0.6) is 0 Å². The van der Waals surface area contributed by atoms with Crippen LogP contribution < -0.4 is 27.3 Å². The van der Waals surface area contributed by atoms with Gasteiger partial charge >= 0.3 is 0 Å². The van der Waals surface area contributed by atoms with Gasteiger partial charge in [0.1, 0.15) is 39.2 Å². The first-order valence-corrected chi connectivity index (χ1v) is 6.46. The van der Waals surface area contributed by atoms with Crippen molar-refractivity contribution in [2.75, 3.05) is 0 Å². The summed E-state index contributed by atoms with van der Waals surface area (Å²) in [6.45, 7) is 4.21. The van der Waals surface area contributed by atoms with Crippen molar-refractivity contribution in [1.82, 2.24) is 0 Å². The highest BCUT2D eigenvalue weighted by Gasteiger charge is 2.15. The molecular formula is C15H11B5. The number of rotatable bonds is 2. The quantitative estimate of drug-likeness (QED) is 0.562. The van der Waals surface area contributed by atoms with Gasteiger partial charge in [-0.05, 0) is 22.6 Å². The van der Waals surface area contributed by atoms with Crippen molar-refractivity contribution < 1.29 is 0 Å². The lowest BCUT2D eigenvalue weighted by molar-refractivity contribution is 0.869. The molecule has 20 heavy (non-hydrogen) atoms. The van der Waals surface area contributed by atoms with E-state index >= 15 is 0 Å². The Hall–Kier alpha value is -1.24. The minimum Gasteiger partial charge on any atom is -0.112 e. The lowest BCUT2D eigenvalue weighted by atomic mass is 9.59. The van der Waals surface area contributed by atoms with Crippen LogP contribution in [0.2, 0.25) is 0 Å². The van der Waals surface area contributed by atoms with Crippen molar-refractivity contribution in [3.8, 4) is 11.1 Å². The van der Waals surface area contributed by atoms with Crippen LogP contribution in [0.15, 0.2) is 24.3 Å². The first-order valence-electron chi connectivity index (χ1n) is 6.46. The molecule has 0 amide bonds. The van der Waals surface area contributed by atoms with Crippen LogP contribution in [-0.2, 0) is 0 Å². The molecule has 10 radical (unpaired) electrons. The van der Waals surface area contributed by atoms with Crippen LogP contribution in [0.3, 0.4) is 0 Å². The third kappa shape index (κ3) is 2.39. The van der Waals surface area contributed by atoms with Gasteiger partial charge in [-0.1, -0.05) is 49.0 Å². The molecule has 0 atom stereocenters. The maximum atomic E-state index is 6.11. The van der Waals surface area contributed by atoms with E-state index in [1.165, 1.54) is 0 Å². The third-order valence-electron chi connectivity index (χ3n) is 3.55. The van der Waals surface area contributed by atoms with Crippen molar-refractivity contribution in [3.05, 3.63) is 29.8 Å². The summed E-state index contributed by atoms with van der Waals surface area (Å²) in [7, 11) is 29.9. The van der Waals surface area contributed by atoms with Crippen LogP contribution >= 0.6 is 0 Å². The molecule has 5 heteroatoms. The molecule has 0 bridgehead atoms. The molecule has 0 nitrogen and oxygen atoms in total. The van der Waals surface area contributed by atoms with Gasteiger partial charge in [-0.15, -0.1) is 16.4 Å². The molecule has 86 valence electrons. The largest absolute Gasteiger partial charge is 0.113 e. The molecule has 0 aliphatic heterocycles. The molecule has 0 aliphatic carbocycles. The Morgan fingerprint density at radius 1 is 0.700 bits per heavy atom. The lowest BCUT2D eigenvalue weighted by Gasteiger charge is -2.23. The Morgan fingerprint density at radius 3 is 1.65 bits per heavy atom. The van der Waals surface area contributed by atoms with Crippen LogP contribution in [0.4, 0.5) is 0 Å². The minimum absolute atomic E-state index is 0.241. The van der Waals surface area contributed by atoms with Crippen molar-refractivity contribution >= 4 is 66.5 Å². The molecule has 0 aliphatic rings. The molecule has 0 saturated carbocycles. The predicted octanol–water partition coefficient (Wildman–Crippen LogP) is -1.55. The van der Waals surface area contributed by atoms with E-state index in [0.29, 0.717) is 22.4 Å². The Bertz CT molecular complexity index is 633. The molecular weight excluding hydrogens is 234 g/mol. The average molecular weight is 245 g/mol. The standard InChI is InChI=1S/C15H11B5/c1-7(2)8-5-3-4-6-9(8)10-11(16)13(18)15(20)14(19)12(10)17/h3-7H,1-2H3. The highest BCUT2D eigenvalue weighted by molar-refractivity contribution is 6.68. The zero-order valence-corrected chi connectivity index (χ0v) is 11.8. The molecule has 0 heterocycles. The summed E-state index contributed by atoms with van der Waals surface area (Å²) in [5.74, 6) is 0.324. The van der Waals surface area contributed by atoms with Crippen LogP contribution in [0.25, 0.3) is 11.1 Å². The zero-order valence-electron chi connectivity index (χ0n) is 11.8. The Kier molecular flexibility index (Phi) is 4.27. The second-order valence-corrected chi connectivity index (χ2v) is 5.19. The Balaban J connectivity index is 2.84. The smallest absolute Gasteiger partial charge is 0.112 e. The van der Waals surface area contributed by atoms with Crippen LogP contribution in [0, 0.1) is 0 Å². The molecule has 0 aromatic heterocycles. The first-order chi connectivity index (χ1) is 9.36. The molecule has 2 aromatic carbocycles. The molecule has 0 saturated heterocycles. The fourth-order valence-electron chi connectivity index (χ4n) is 2.37. The molecule has 0 spiro atoms. The van der Waals surface area contributed by atoms with E-state index in [1.54, 1.807) is 0 Å². The molecule has 2 rings (SSSR count). The van der Waals surface area contributed by atoms with E-state index < -0.39 is 0 Å². The van der Waals surface area contributed by atoms with Gasteiger partial charge in [-0.2, -0.15) is 0 Å². The van der Waals surface area contributed by atoms with Crippen molar-refractivity contribution in [2.45, 2.75) is 19.8 Å². The van der Waals surface area contributed by atoms with E-state index in [2.05, 4.69) is 13.8 Å². The summed E-state index contributed by atoms with van der Waals surface area (Å²) in [4.78, 5) is 0.